The number of amides is 2. The highest BCUT2D eigenvalue weighted by Gasteiger charge is 2.47. The van der Waals surface area contributed by atoms with Gasteiger partial charge in [-0.3, -0.25) is 14.4 Å². The molecular weight excluding hydrogens is 456 g/mol. The molecule has 3 N–H and O–H groups in total. The number of carbonyl (C=O) groups excluding carboxylic acids is 2. The quantitative estimate of drug-likeness (QED) is 0.417. The zero-order chi connectivity index (χ0) is 25.5. The molecule has 0 radical (unpaired) electrons. The van der Waals surface area contributed by atoms with E-state index in [0.29, 0.717) is 29.7 Å². The van der Waals surface area contributed by atoms with Gasteiger partial charge in [-0.05, 0) is 60.7 Å². The highest BCUT2D eigenvalue weighted by atomic mass is 16.5. The Morgan fingerprint density at radius 2 is 1.58 bits per heavy atom. The summed E-state index contributed by atoms with van der Waals surface area (Å²) in [5.74, 6) is -1.13. The Morgan fingerprint density at radius 1 is 0.944 bits per heavy atom. The predicted octanol–water partition coefficient (Wildman–Crippen LogP) is 4.16. The van der Waals surface area contributed by atoms with Crippen molar-refractivity contribution in [1.29, 1.82) is 0 Å². The molecule has 7 nitrogen and oxygen atoms in total. The van der Waals surface area contributed by atoms with Crippen LogP contribution in [0.25, 0.3) is 6.08 Å². The molecular formula is C29H28N2O5. The number of aliphatic carboxylic acids is 1. The third-order valence-electron chi connectivity index (χ3n) is 6.54. The van der Waals surface area contributed by atoms with Gasteiger partial charge in [-0.2, -0.15) is 0 Å². The fourth-order valence-electron chi connectivity index (χ4n) is 4.58. The van der Waals surface area contributed by atoms with E-state index < -0.39 is 23.2 Å². The third-order valence-corrected chi connectivity index (χ3v) is 6.54. The molecule has 0 heterocycles. The first-order chi connectivity index (χ1) is 17.4. The van der Waals surface area contributed by atoms with E-state index in [0.717, 1.165) is 5.56 Å². The molecule has 184 valence electrons. The van der Waals surface area contributed by atoms with Gasteiger partial charge >= 0.3 is 5.97 Å². The number of carboxylic acid groups (broad SMARTS) is 1. The Hall–Kier alpha value is -4.39. The topological polar surface area (TPSA) is 105 Å². The summed E-state index contributed by atoms with van der Waals surface area (Å²) in [7, 11) is 1.57. The van der Waals surface area contributed by atoms with Crippen molar-refractivity contribution >= 4 is 23.9 Å². The zero-order valence-corrected chi connectivity index (χ0v) is 19.9. The lowest BCUT2D eigenvalue weighted by atomic mass is 9.79. The fraction of sp³-hybridized carbons (Fsp3) is 0.207. The van der Waals surface area contributed by atoms with Crippen molar-refractivity contribution in [3.8, 4) is 5.75 Å². The van der Waals surface area contributed by atoms with Crippen LogP contribution in [0.2, 0.25) is 0 Å². The van der Waals surface area contributed by atoms with Crippen molar-refractivity contribution in [2.24, 2.45) is 0 Å². The van der Waals surface area contributed by atoms with Crippen molar-refractivity contribution in [2.75, 3.05) is 7.11 Å². The molecule has 0 bridgehead atoms. The van der Waals surface area contributed by atoms with Crippen LogP contribution in [0, 0.1) is 0 Å². The second-order valence-corrected chi connectivity index (χ2v) is 8.82. The van der Waals surface area contributed by atoms with Crippen LogP contribution in [-0.4, -0.2) is 36.0 Å². The first-order valence-corrected chi connectivity index (χ1v) is 11.7. The number of hydrogen-bond donors (Lipinski definition) is 3. The summed E-state index contributed by atoms with van der Waals surface area (Å²) >= 11 is 0. The minimum absolute atomic E-state index is 0.0709. The van der Waals surface area contributed by atoms with E-state index in [1.807, 2.05) is 30.3 Å². The summed E-state index contributed by atoms with van der Waals surface area (Å²) in [6.45, 7) is 0. The first-order valence-electron chi connectivity index (χ1n) is 11.7. The SMILES string of the molecule is COc1ccc(/C=C(\NC(=O)c2ccccc2)C(=O)N[C@@H]2CC[C@](C(=O)O)(c3ccccc3)C2)cc1. The Kier molecular flexibility index (Phi) is 7.49. The lowest BCUT2D eigenvalue weighted by Gasteiger charge is -2.25. The third kappa shape index (κ3) is 5.46. The highest BCUT2D eigenvalue weighted by Crippen LogP contribution is 2.41. The lowest BCUT2D eigenvalue weighted by molar-refractivity contribution is -0.143. The normalized spacial score (nSPS) is 19.4. The molecule has 3 aromatic rings. The minimum atomic E-state index is -1.06. The standard InChI is InChI=1S/C29H28N2O5/c1-36-24-14-12-20(13-15-24)18-25(31-26(32)21-8-4-2-5-9-21)27(33)30-23-16-17-29(19-23,28(34)35)22-10-6-3-7-11-22/h2-15,18,23H,16-17,19H2,1H3,(H,30,33)(H,31,32)(H,34,35)/b25-18-/t23-,29-/m1/s1. The molecule has 0 spiro atoms. The zero-order valence-electron chi connectivity index (χ0n) is 19.9. The lowest BCUT2D eigenvalue weighted by Crippen LogP contribution is -2.41. The van der Waals surface area contributed by atoms with E-state index in [9.17, 15) is 19.5 Å². The predicted molar refractivity (Wildman–Crippen MR) is 136 cm³/mol. The summed E-state index contributed by atoms with van der Waals surface area (Å²) in [6, 6.07) is 24.5. The second-order valence-electron chi connectivity index (χ2n) is 8.82. The Morgan fingerprint density at radius 3 is 2.19 bits per heavy atom. The van der Waals surface area contributed by atoms with Crippen molar-refractivity contribution < 1.29 is 24.2 Å². The van der Waals surface area contributed by atoms with Gasteiger partial charge in [0.2, 0.25) is 0 Å². The number of nitrogens with one attached hydrogen (secondary N) is 2. The van der Waals surface area contributed by atoms with E-state index in [-0.39, 0.29) is 18.2 Å². The molecule has 7 heteroatoms. The Balaban J connectivity index is 1.56. The highest BCUT2D eigenvalue weighted by molar-refractivity contribution is 6.05. The molecule has 0 aliphatic heterocycles. The minimum Gasteiger partial charge on any atom is -0.497 e. The number of methoxy groups -OCH3 is 1. The van der Waals surface area contributed by atoms with Gasteiger partial charge in [0.15, 0.2) is 0 Å². The molecule has 2 amide bonds. The van der Waals surface area contributed by atoms with Gasteiger partial charge in [0, 0.05) is 11.6 Å². The van der Waals surface area contributed by atoms with E-state index in [1.54, 1.807) is 67.8 Å². The van der Waals surface area contributed by atoms with E-state index in [2.05, 4.69) is 10.6 Å². The van der Waals surface area contributed by atoms with Crippen LogP contribution < -0.4 is 15.4 Å². The molecule has 1 aliphatic rings. The average Bonchev–Trinajstić information content (AvgIpc) is 3.35. The molecule has 1 aliphatic carbocycles. The molecule has 2 atom stereocenters. The number of ether oxygens (including phenoxy) is 1. The van der Waals surface area contributed by atoms with Gasteiger partial charge in [-0.25, -0.2) is 0 Å². The number of carbonyl (C=O) groups is 3. The molecule has 0 saturated heterocycles. The van der Waals surface area contributed by atoms with Crippen molar-refractivity contribution in [2.45, 2.75) is 30.7 Å². The number of benzene rings is 3. The summed E-state index contributed by atoms with van der Waals surface area (Å²) < 4.78 is 5.19. The maximum absolute atomic E-state index is 13.3. The van der Waals surface area contributed by atoms with Crippen molar-refractivity contribution in [1.82, 2.24) is 10.6 Å². The second kappa shape index (κ2) is 10.9. The van der Waals surface area contributed by atoms with E-state index >= 15 is 0 Å². The van der Waals surface area contributed by atoms with Crippen LogP contribution >= 0.6 is 0 Å². The molecule has 0 aromatic heterocycles. The van der Waals surface area contributed by atoms with Gasteiger partial charge in [0.1, 0.15) is 11.4 Å². The van der Waals surface area contributed by atoms with Gasteiger partial charge in [0.25, 0.3) is 11.8 Å². The number of carboxylic acids is 1. The van der Waals surface area contributed by atoms with Crippen molar-refractivity contribution in [3.05, 3.63) is 107 Å². The molecule has 36 heavy (non-hydrogen) atoms. The fourth-order valence-corrected chi connectivity index (χ4v) is 4.58. The van der Waals surface area contributed by atoms with Gasteiger partial charge < -0.3 is 20.5 Å². The summed E-state index contributed by atoms with van der Waals surface area (Å²) in [6.07, 6.45) is 2.77. The largest absolute Gasteiger partial charge is 0.497 e. The molecule has 3 aromatic carbocycles. The van der Waals surface area contributed by atoms with Crippen LogP contribution in [0.1, 0.15) is 40.7 Å². The Bertz CT molecular complexity index is 1260. The molecule has 1 fully saturated rings. The van der Waals surface area contributed by atoms with Crippen LogP contribution in [0.15, 0.2) is 90.6 Å². The molecule has 4 rings (SSSR count). The summed E-state index contributed by atoms with van der Waals surface area (Å²) in [5.41, 5.74) is 0.847. The number of hydrogen-bond acceptors (Lipinski definition) is 4. The van der Waals surface area contributed by atoms with Crippen LogP contribution in [0.5, 0.6) is 5.75 Å². The molecule has 0 unspecified atom stereocenters. The average molecular weight is 485 g/mol. The van der Waals surface area contributed by atoms with Crippen LogP contribution in [-0.2, 0) is 15.0 Å². The summed E-state index contributed by atoms with van der Waals surface area (Å²) in [5, 5.41) is 15.7. The summed E-state index contributed by atoms with van der Waals surface area (Å²) in [4.78, 5) is 38.5. The smallest absolute Gasteiger partial charge is 0.314 e. The van der Waals surface area contributed by atoms with E-state index in [4.69, 9.17) is 4.74 Å². The maximum Gasteiger partial charge on any atom is 0.314 e. The maximum atomic E-state index is 13.3. The van der Waals surface area contributed by atoms with Crippen LogP contribution in [0.3, 0.4) is 0 Å². The van der Waals surface area contributed by atoms with Gasteiger partial charge in [0.05, 0.1) is 12.5 Å². The van der Waals surface area contributed by atoms with Gasteiger partial charge in [-0.15, -0.1) is 0 Å². The monoisotopic (exact) mass is 484 g/mol. The number of rotatable bonds is 8. The van der Waals surface area contributed by atoms with Crippen molar-refractivity contribution in [3.63, 3.8) is 0 Å². The van der Waals surface area contributed by atoms with Crippen LogP contribution in [0.4, 0.5) is 0 Å². The van der Waals surface area contributed by atoms with Gasteiger partial charge in [-0.1, -0.05) is 60.7 Å². The molecule has 1 saturated carbocycles. The first kappa shape index (κ1) is 24.7. The van der Waals surface area contributed by atoms with E-state index in [1.165, 1.54) is 0 Å². The Labute approximate surface area is 209 Å².